The highest BCUT2D eigenvalue weighted by Gasteiger charge is 2.32. The normalized spacial score (nSPS) is 19.0. The van der Waals surface area contributed by atoms with Gasteiger partial charge in [0, 0.05) is 24.2 Å². The number of rotatable bonds is 7. The molecular weight excluding hydrogens is 374 g/mol. The van der Waals surface area contributed by atoms with Crippen molar-refractivity contribution in [2.45, 2.75) is 62.4 Å². The minimum absolute atomic E-state index is 0. The van der Waals surface area contributed by atoms with Crippen LogP contribution in [0.4, 0.5) is 0 Å². The van der Waals surface area contributed by atoms with Gasteiger partial charge in [-0.3, -0.25) is 4.79 Å². The van der Waals surface area contributed by atoms with Crippen molar-refractivity contribution in [1.29, 1.82) is 0 Å². The third kappa shape index (κ3) is 4.97. The topological polar surface area (TPSA) is 101 Å². The molecule has 0 spiro atoms. The monoisotopic (exact) mass is 401 g/mol. The van der Waals surface area contributed by atoms with E-state index in [4.69, 9.17) is 5.73 Å². The van der Waals surface area contributed by atoms with Gasteiger partial charge >= 0.3 is 0 Å². The van der Waals surface area contributed by atoms with Crippen molar-refractivity contribution in [2.75, 3.05) is 6.54 Å². The first kappa shape index (κ1) is 21.2. The Kier molecular flexibility index (Phi) is 7.07. The van der Waals surface area contributed by atoms with Gasteiger partial charge in [0.2, 0.25) is 10.0 Å². The average Bonchev–Trinajstić information content (AvgIpc) is 3.30. The largest absolute Gasteiger partial charge is 0.348 e. The number of halogens is 1. The van der Waals surface area contributed by atoms with Gasteiger partial charge in [0.25, 0.3) is 5.91 Å². The average molecular weight is 402 g/mol. The lowest BCUT2D eigenvalue weighted by atomic mass is 10.1. The van der Waals surface area contributed by atoms with Crippen LogP contribution in [0.1, 0.15) is 54.4 Å². The molecule has 0 heterocycles. The molecule has 26 heavy (non-hydrogen) atoms. The Labute approximate surface area is 161 Å². The van der Waals surface area contributed by atoms with E-state index in [2.05, 4.69) is 10.0 Å². The molecule has 1 aromatic rings. The maximum atomic E-state index is 12.7. The summed E-state index contributed by atoms with van der Waals surface area (Å²) in [6.07, 6.45) is 6.02. The van der Waals surface area contributed by atoms with E-state index in [-0.39, 0.29) is 35.3 Å². The van der Waals surface area contributed by atoms with E-state index in [0.29, 0.717) is 23.6 Å². The van der Waals surface area contributed by atoms with Gasteiger partial charge in [0.15, 0.2) is 0 Å². The lowest BCUT2D eigenvalue weighted by Crippen LogP contribution is -2.41. The highest BCUT2D eigenvalue weighted by molar-refractivity contribution is 7.89. The van der Waals surface area contributed by atoms with E-state index < -0.39 is 10.0 Å². The molecule has 0 aliphatic heterocycles. The van der Waals surface area contributed by atoms with Crippen molar-refractivity contribution < 1.29 is 13.2 Å². The van der Waals surface area contributed by atoms with Crippen LogP contribution in [-0.4, -0.2) is 33.0 Å². The first-order chi connectivity index (χ1) is 11.9. The van der Waals surface area contributed by atoms with Gasteiger partial charge in [-0.2, -0.15) is 0 Å². The number of sulfonamides is 1. The molecule has 0 aromatic heterocycles. The fourth-order valence-corrected chi connectivity index (χ4v) is 5.05. The Morgan fingerprint density at radius 3 is 2.46 bits per heavy atom. The van der Waals surface area contributed by atoms with Crippen LogP contribution >= 0.6 is 12.4 Å². The fourth-order valence-electron chi connectivity index (χ4n) is 3.48. The maximum absolute atomic E-state index is 12.7. The minimum atomic E-state index is -3.62. The number of nitrogens with two attached hydrogens (primary N) is 1. The third-order valence-electron chi connectivity index (χ3n) is 5.18. The molecule has 1 unspecified atom stereocenters. The van der Waals surface area contributed by atoms with Crippen molar-refractivity contribution in [3.8, 4) is 0 Å². The zero-order valence-corrected chi connectivity index (χ0v) is 16.7. The Balaban J connectivity index is 0.00000243. The zero-order valence-electron chi connectivity index (χ0n) is 15.0. The van der Waals surface area contributed by atoms with Crippen LogP contribution in [0.2, 0.25) is 0 Å². The molecule has 0 radical (unpaired) electrons. The third-order valence-corrected chi connectivity index (χ3v) is 6.84. The van der Waals surface area contributed by atoms with Crippen LogP contribution in [0.3, 0.4) is 0 Å². The molecule has 1 aromatic carbocycles. The number of amides is 1. The highest BCUT2D eigenvalue weighted by atomic mass is 35.5. The second kappa shape index (κ2) is 8.69. The maximum Gasteiger partial charge on any atom is 0.251 e. The smallest absolute Gasteiger partial charge is 0.251 e. The van der Waals surface area contributed by atoms with Crippen molar-refractivity contribution in [1.82, 2.24) is 10.0 Å². The van der Waals surface area contributed by atoms with E-state index in [9.17, 15) is 13.2 Å². The molecule has 8 heteroatoms. The molecule has 1 amide bonds. The van der Waals surface area contributed by atoms with Gasteiger partial charge in [-0.15, -0.1) is 12.4 Å². The number of hydrogen-bond donors (Lipinski definition) is 3. The molecular formula is C18H28ClN3O3S. The second-order valence-electron chi connectivity index (χ2n) is 7.24. The van der Waals surface area contributed by atoms with Crippen LogP contribution in [0.5, 0.6) is 0 Å². The van der Waals surface area contributed by atoms with E-state index in [1.54, 1.807) is 19.1 Å². The molecule has 4 N–H and O–H groups in total. The van der Waals surface area contributed by atoms with E-state index >= 15 is 0 Å². The van der Waals surface area contributed by atoms with Crippen molar-refractivity contribution in [2.24, 2.45) is 11.7 Å². The molecule has 3 rings (SSSR count). The summed E-state index contributed by atoms with van der Waals surface area (Å²) < 4.78 is 28.2. The molecule has 1 atom stereocenters. The highest BCUT2D eigenvalue weighted by Crippen LogP contribution is 2.32. The first-order valence-electron chi connectivity index (χ1n) is 9.04. The number of carbonyl (C=O) groups excluding carboxylic acids is 1. The molecule has 2 saturated carbocycles. The number of nitrogens with one attached hydrogen (secondary N) is 2. The van der Waals surface area contributed by atoms with Crippen LogP contribution in [0.25, 0.3) is 0 Å². The van der Waals surface area contributed by atoms with Gasteiger partial charge in [0.1, 0.15) is 0 Å². The summed E-state index contributed by atoms with van der Waals surface area (Å²) >= 11 is 0. The first-order valence-corrected chi connectivity index (χ1v) is 10.5. The molecule has 0 saturated heterocycles. The molecule has 2 aliphatic carbocycles. The number of aryl methyl sites for hydroxylation is 1. The van der Waals surface area contributed by atoms with Crippen molar-refractivity contribution >= 4 is 28.3 Å². The summed E-state index contributed by atoms with van der Waals surface area (Å²) in [5, 5.41) is 2.94. The Morgan fingerprint density at radius 1 is 1.23 bits per heavy atom. The van der Waals surface area contributed by atoms with Gasteiger partial charge in [-0.1, -0.05) is 18.9 Å². The van der Waals surface area contributed by atoms with Crippen LogP contribution in [-0.2, 0) is 10.0 Å². The van der Waals surface area contributed by atoms with Crippen molar-refractivity contribution in [3.05, 3.63) is 29.3 Å². The van der Waals surface area contributed by atoms with Crippen LogP contribution in [0.15, 0.2) is 23.1 Å². The van der Waals surface area contributed by atoms with E-state index in [1.807, 2.05) is 0 Å². The summed E-state index contributed by atoms with van der Waals surface area (Å²) in [7, 11) is -3.62. The summed E-state index contributed by atoms with van der Waals surface area (Å²) in [6, 6.07) is 4.79. The molecule has 2 fully saturated rings. The SMILES string of the molecule is Cc1ccc(C(=O)NC(CN)C2CC2)cc1S(=O)(=O)NC1CCCC1.Cl. The molecule has 6 nitrogen and oxygen atoms in total. The molecule has 146 valence electrons. The molecule has 0 bridgehead atoms. The van der Waals surface area contributed by atoms with Crippen LogP contribution in [0, 0.1) is 12.8 Å². The predicted molar refractivity (Wildman–Crippen MR) is 104 cm³/mol. The zero-order chi connectivity index (χ0) is 18.0. The Morgan fingerprint density at radius 2 is 1.88 bits per heavy atom. The van der Waals surface area contributed by atoms with Gasteiger partial charge in [0.05, 0.1) is 4.90 Å². The van der Waals surface area contributed by atoms with Crippen LogP contribution < -0.4 is 15.8 Å². The Bertz CT molecular complexity index is 744. The predicted octanol–water partition coefficient (Wildman–Crippen LogP) is 2.10. The van der Waals surface area contributed by atoms with Gasteiger partial charge in [-0.05, 0) is 56.2 Å². The van der Waals surface area contributed by atoms with E-state index in [1.165, 1.54) is 6.07 Å². The lowest BCUT2D eigenvalue weighted by Gasteiger charge is -2.17. The second-order valence-corrected chi connectivity index (χ2v) is 8.92. The summed E-state index contributed by atoms with van der Waals surface area (Å²) in [6.45, 7) is 2.15. The number of hydrogen-bond acceptors (Lipinski definition) is 4. The molecule has 2 aliphatic rings. The summed E-state index contributed by atoms with van der Waals surface area (Å²) in [4.78, 5) is 12.7. The lowest BCUT2D eigenvalue weighted by molar-refractivity contribution is 0.0933. The quantitative estimate of drug-likeness (QED) is 0.651. The van der Waals surface area contributed by atoms with E-state index in [0.717, 1.165) is 38.5 Å². The van der Waals surface area contributed by atoms with Crippen molar-refractivity contribution in [3.63, 3.8) is 0 Å². The Hall–Kier alpha value is -1.15. The summed E-state index contributed by atoms with van der Waals surface area (Å²) in [5.41, 5.74) is 6.73. The van der Waals surface area contributed by atoms with Gasteiger partial charge < -0.3 is 11.1 Å². The number of benzene rings is 1. The fraction of sp³-hybridized carbons (Fsp3) is 0.611. The summed E-state index contributed by atoms with van der Waals surface area (Å²) in [5.74, 6) is 0.186. The number of carbonyl (C=O) groups is 1. The minimum Gasteiger partial charge on any atom is -0.348 e. The van der Waals surface area contributed by atoms with Gasteiger partial charge in [-0.25, -0.2) is 13.1 Å². The standard InChI is InChI=1S/C18H27N3O3S.ClH/c1-12-6-7-14(18(22)20-16(11-19)13-8-9-13)10-17(12)25(23,24)21-15-4-2-3-5-15;/h6-7,10,13,15-16,21H,2-5,8-9,11,19H2,1H3,(H,20,22);1H.